The number of hydrogen-bond donors (Lipinski definition) is 0. The minimum Gasteiger partial charge on any atom is -0.265 e. The lowest BCUT2D eigenvalue weighted by molar-refractivity contribution is 0.893. The molecule has 0 saturated heterocycles. The molecule has 1 atom stereocenters. The van der Waals surface area contributed by atoms with Crippen LogP contribution < -0.4 is 0 Å². The van der Waals surface area contributed by atoms with Gasteiger partial charge in [0.05, 0.1) is 0 Å². The molecular formula is C17H23NSi. The summed E-state index contributed by atoms with van der Waals surface area (Å²) in [5.74, 6) is 0.510. The average molecular weight is 269 g/mol. The van der Waals surface area contributed by atoms with Gasteiger partial charge in [0.25, 0.3) is 0 Å². The van der Waals surface area contributed by atoms with Crippen molar-refractivity contribution < 1.29 is 0 Å². The van der Waals surface area contributed by atoms with Crippen molar-refractivity contribution in [3.8, 4) is 0 Å². The number of aromatic nitrogens is 1. The molecule has 0 N–H and O–H groups in total. The number of aryl methyl sites for hydroxylation is 1. The van der Waals surface area contributed by atoms with E-state index in [1.807, 2.05) is 12.4 Å². The van der Waals surface area contributed by atoms with E-state index in [1.165, 1.54) is 22.7 Å². The fourth-order valence-corrected chi connectivity index (χ4v) is 4.13. The molecule has 100 valence electrons. The van der Waals surface area contributed by atoms with E-state index in [0.717, 1.165) is 0 Å². The molecule has 2 rings (SSSR count). The summed E-state index contributed by atoms with van der Waals surface area (Å²) in [5, 5.41) is 0. The third-order valence-corrected chi connectivity index (χ3v) is 5.04. The molecule has 0 bridgehead atoms. The van der Waals surface area contributed by atoms with Crippen LogP contribution in [0.3, 0.4) is 0 Å². The molecule has 2 heteroatoms. The van der Waals surface area contributed by atoms with Crippen molar-refractivity contribution >= 4 is 8.07 Å². The maximum atomic E-state index is 4.14. The molecule has 0 aliphatic rings. The molecule has 1 aromatic heterocycles. The molecule has 1 unspecified atom stereocenters. The summed E-state index contributed by atoms with van der Waals surface area (Å²) >= 11 is 0. The predicted molar refractivity (Wildman–Crippen MR) is 85.4 cm³/mol. The van der Waals surface area contributed by atoms with E-state index >= 15 is 0 Å². The second kappa shape index (κ2) is 5.70. The number of pyridine rings is 1. The smallest absolute Gasteiger partial charge is 0.0452 e. The molecule has 1 nitrogen and oxygen atoms in total. The summed E-state index contributed by atoms with van der Waals surface area (Å²) in [7, 11) is -1.12. The monoisotopic (exact) mass is 269 g/mol. The molecule has 0 aliphatic carbocycles. The summed E-state index contributed by atoms with van der Waals surface area (Å²) in [4.78, 5) is 4.14. The van der Waals surface area contributed by atoms with Crippen LogP contribution in [0.15, 0.2) is 48.8 Å². The van der Waals surface area contributed by atoms with Crippen molar-refractivity contribution in [2.45, 2.75) is 38.5 Å². The summed E-state index contributed by atoms with van der Waals surface area (Å²) in [6.07, 6.45) is 3.81. The van der Waals surface area contributed by atoms with Gasteiger partial charge in [0.1, 0.15) is 0 Å². The van der Waals surface area contributed by atoms with E-state index in [1.54, 1.807) is 0 Å². The van der Waals surface area contributed by atoms with E-state index in [0.29, 0.717) is 5.92 Å². The minimum absolute atomic E-state index is 0.510. The van der Waals surface area contributed by atoms with Gasteiger partial charge in [-0.15, -0.1) is 0 Å². The zero-order valence-electron chi connectivity index (χ0n) is 12.4. The summed E-state index contributed by atoms with van der Waals surface area (Å²) in [6, 6.07) is 14.6. The first-order valence-corrected chi connectivity index (χ1v) is 10.6. The zero-order chi connectivity index (χ0) is 13.9. The molecule has 1 heterocycles. The maximum absolute atomic E-state index is 4.14. The van der Waals surface area contributed by atoms with Gasteiger partial charge < -0.3 is 0 Å². The van der Waals surface area contributed by atoms with E-state index in [4.69, 9.17) is 0 Å². The fourth-order valence-electron chi connectivity index (χ4n) is 2.44. The lowest BCUT2D eigenvalue weighted by Crippen LogP contribution is -2.23. The van der Waals surface area contributed by atoms with Gasteiger partial charge in [0, 0.05) is 26.4 Å². The standard InChI is InChI=1S/C17H23NSi/c1-14-5-7-15(8-6-14)17(13-19(2,3)4)16-9-11-18-12-10-16/h5-12,17H,13H2,1-4H3. The quantitative estimate of drug-likeness (QED) is 0.722. The van der Waals surface area contributed by atoms with Crippen LogP contribution in [0.1, 0.15) is 22.6 Å². The number of nitrogens with zero attached hydrogens (tertiary/aromatic N) is 1. The van der Waals surface area contributed by atoms with Crippen molar-refractivity contribution in [3.63, 3.8) is 0 Å². The van der Waals surface area contributed by atoms with E-state index in [-0.39, 0.29) is 0 Å². The molecule has 2 aromatic rings. The zero-order valence-corrected chi connectivity index (χ0v) is 13.4. The largest absolute Gasteiger partial charge is 0.265 e. The van der Waals surface area contributed by atoms with Gasteiger partial charge in [-0.05, 0) is 36.2 Å². The Balaban J connectivity index is 2.37. The normalized spacial score (nSPS) is 13.3. The number of rotatable bonds is 4. The van der Waals surface area contributed by atoms with Crippen LogP contribution in [0.2, 0.25) is 25.7 Å². The van der Waals surface area contributed by atoms with Gasteiger partial charge in [-0.1, -0.05) is 49.5 Å². The first-order chi connectivity index (χ1) is 8.96. The Labute approximate surface area is 117 Å². The summed E-state index contributed by atoms with van der Waals surface area (Å²) in [5.41, 5.74) is 4.14. The Morgan fingerprint density at radius 3 is 1.95 bits per heavy atom. The van der Waals surface area contributed by atoms with Crippen LogP contribution in [0.5, 0.6) is 0 Å². The first-order valence-electron chi connectivity index (χ1n) is 6.92. The van der Waals surface area contributed by atoms with Crippen LogP contribution in [0, 0.1) is 6.92 Å². The van der Waals surface area contributed by atoms with Gasteiger partial charge in [-0.2, -0.15) is 0 Å². The Bertz CT molecular complexity index is 511. The molecular weight excluding hydrogens is 246 g/mol. The molecule has 0 amide bonds. The predicted octanol–water partition coefficient (Wildman–Crippen LogP) is 4.86. The van der Waals surface area contributed by atoms with E-state index in [9.17, 15) is 0 Å². The third kappa shape index (κ3) is 4.03. The van der Waals surface area contributed by atoms with Crippen LogP contribution in [0.25, 0.3) is 0 Å². The third-order valence-electron chi connectivity index (χ3n) is 3.40. The molecule has 1 aromatic carbocycles. The van der Waals surface area contributed by atoms with Gasteiger partial charge in [-0.25, -0.2) is 0 Å². The highest BCUT2D eigenvalue weighted by molar-refractivity contribution is 6.76. The number of benzene rings is 1. The second-order valence-electron chi connectivity index (χ2n) is 6.51. The van der Waals surface area contributed by atoms with Crippen LogP contribution in [-0.4, -0.2) is 13.1 Å². The Morgan fingerprint density at radius 1 is 0.895 bits per heavy atom. The van der Waals surface area contributed by atoms with Gasteiger partial charge in [-0.3, -0.25) is 4.98 Å². The summed E-state index contributed by atoms with van der Waals surface area (Å²) in [6.45, 7) is 9.46. The van der Waals surface area contributed by atoms with Gasteiger partial charge in [0.15, 0.2) is 0 Å². The van der Waals surface area contributed by atoms with Crippen molar-refractivity contribution in [2.24, 2.45) is 0 Å². The van der Waals surface area contributed by atoms with Gasteiger partial charge in [0.2, 0.25) is 0 Å². The summed E-state index contributed by atoms with van der Waals surface area (Å²) < 4.78 is 0. The molecule has 0 fully saturated rings. The average Bonchev–Trinajstić information content (AvgIpc) is 2.37. The van der Waals surface area contributed by atoms with Crippen molar-refractivity contribution in [3.05, 3.63) is 65.5 Å². The maximum Gasteiger partial charge on any atom is 0.0452 e. The second-order valence-corrected chi connectivity index (χ2v) is 12.0. The lowest BCUT2D eigenvalue weighted by atomic mass is 9.93. The molecule has 19 heavy (non-hydrogen) atoms. The Kier molecular flexibility index (Phi) is 4.20. The SMILES string of the molecule is Cc1ccc(C(C[Si](C)(C)C)c2ccncc2)cc1. The minimum atomic E-state index is -1.12. The van der Waals surface area contributed by atoms with Crippen LogP contribution in [-0.2, 0) is 0 Å². The Hall–Kier alpha value is -1.41. The van der Waals surface area contributed by atoms with E-state index < -0.39 is 8.07 Å². The molecule has 0 aliphatic heterocycles. The molecule has 0 spiro atoms. The van der Waals surface area contributed by atoms with E-state index in [2.05, 4.69) is 67.9 Å². The van der Waals surface area contributed by atoms with Gasteiger partial charge >= 0.3 is 0 Å². The lowest BCUT2D eigenvalue weighted by Gasteiger charge is -2.25. The topological polar surface area (TPSA) is 12.9 Å². The number of hydrogen-bond acceptors (Lipinski definition) is 1. The molecule has 0 saturated carbocycles. The first kappa shape index (κ1) is 14.0. The van der Waals surface area contributed by atoms with Crippen molar-refractivity contribution in [1.82, 2.24) is 4.98 Å². The van der Waals surface area contributed by atoms with Crippen molar-refractivity contribution in [1.29, 1.82) is 0 Å². The van der Waals surface area contributed by atoms with Crippen LogP contribution in [0.4, 0.5) is 0 Å². The molecule has 0 radical (unpaired) electrons. The Morgan fingerprint density at radius 2 is 1.42 bits per heavy atom. The highest BCUT2D eigenvalue weighted by Gasteiger charge is 2.23. The fraction of sp³-hybridized carbons (Fsp3) is 0.353. The van der Waals surface area contributed by atoms with Crippen molar-refractivity contribution in [2.75, 3.05) is 0 Å². The van der Waals surface area contributed by atoms with Crippen LogP contribution >= 0.6 is 0 Å². The highest BCUT2D eigenvalue weighted by Crippen LogP contribution is 2.32. The highest BCUT2D eigenvalue weighted by atomic mass is 28.3.